The van der Waals surface area contributed by atoms with Crippen molar-refractivity contribution in [2.24, 2.45) is 0 Å². The van der Waals surface area contributed by atoms with Crippen LogP contribution in [-0.4, -0.2) is 24.1 Å². The Morgan fingerprint density at radius 1 is 1.18 bits per heavy atom. The fourth-order valence-corrected chi connectivity index (χ4v) is 4.65. The highest BCUT2D eigenvalue weighted by Gasteiger charge is 2.25. The number of allylic oxidation sites excluding steroid dienone is 1. The van der Waals surface area contributed by atoms with Gasteiger partial charge in [0.1, 0.15) is 0 Å². The molecule has 98 valence electrons. The van der Waals surface area contributed by atoms with E-state index < -0.39 is 0 Å². The van der Waals surface area contributed by atoms with E-state index in [1.165, 1.54) is 63.5 Å². The fraction of sp³-hybridized carbons (Fsp3) is 0.867. The van der Waals surface area contributed by atoms with Gasteiger partial charge < -0.3 is 5.32 Å². The van der Waals surface area contributed by atoms with Crippen molar-refractivity contribution in [3.05, 3.63) is 11.6 Å². The third kappa shape index (κ3) is 4.03. The minimum atomic E-state index is 0.651. The zero-order valence-electron chi connectivity index (χ0n) is 11.2. The zero-order chi connectivity index (χ0) is 11.9. The highest BCUT2D eigenvalue weighted by Crippen LogP contribution is 2.32. The average Bonchev–Trinajstić information content (AvgIpc) is 2.34. The Kier molecular flexibility index (Phi) is 5.93. The molecule has 2 heteroatoms. The molecule has 2 rings (SSSR count). The first kappa shape index (κ1) is 13.5. The summed E-state index contributed by atoms with van der Waals surface area (Å²) in [6.07, 6.45) is 15.1. The molecule has 0 aromatic rings. The molecule has 0 aromatic carbocycles. The van der Waals surface area contributed by atoms with Crippen LogP contribution in [0.15, 0.2) is 11.6 Å². The Bertz CT molecular complexity index is 243. The van der Waals surface area contributed by atoms with E-state index in [2.05, 4.69) is 30.2 Å². The number of likely N-dealkylation sites (N-methyl/N-ethyl adjacent to an activating group) is 1. The molecule has 0 amide bonds. The molecule has 0 radical (unpaired) electrons. The summed E-state index contributed by atoms with van der Waals surface area (Å²) in [5, 5.41) is 4.43. The van der Waals surface area contributed by atoms with E-state index in [9.17, 15) is 0 Å². The van der Waals surface area contributed by atoms with Gasteiger partial charge >= 0.3 is 0 Å². The average molecular weight is 253 g/mol. The predicted molar refractivity (Wildman–Crippen MR) is 78.7 cm³/mol. The number of hydrogen-bond donors (Lipinski definition) is 1. The van der Waals surface area contributed by atoms with Gasteiger partial charge in [-0.3, -0.25) is 0 Å². The molecule has 1 aliphatic heterocycles. The summed E-state index contributed by atoms with van der Waals surface area (Å²) in [4.78, 5) is 0. The molecule has 0 spiro atoms. The molecule has 1 aliphatic carbocycles. The third-order valence-corrected chi connectivity index (χ3v) is 5.58. The van der Waals surface area contributed by atoms with Gasteiger partial charge in [-0.1, -0.05) is 30.9 Å². The summed E-state index contributed by atoms with van der Waals surface area (Å²) in [6, 6.07) is 0.651. The Morgan fingerprint density at radius 3 is 2.82 bits per heavy atom. The maximum atomic E-state index is 3.60. The zero-order valence-corrected chi connectivity index (χ0v) is 12.0. The van der Waals surface area contributed by atoms with Crippen LogP contribution < -0.4 is 5.32 Å². The third-order valence-electron chi connectivity index (χ3n) is 4.12. The van der Waals surface area contributed by atoms with Crippen molar-refractivity contribution in [3.8, 4) is 0 Å². The van der Waals surface area contributed by atoms with Crippen LogP contribution >= 0.6 is 11.8 Å². The van der Waals surface area contributed by atoms with Gasteiger partial charge in [0.2, 0.25) is 0 Å². The largest absolute Gasteiger partial charge is 0.312 e. The van der Waals surface area contributed by atoms with Gasteiger partial charge in [0, 0.05) is 11.3 Å². The molecule has 1 heterocycles. The summed E-state index contributed by atoms with van der Waals surface area (Å²) in [5.74, 6) is 1.37. The number of thioether (sulfide) groups is 1. The van der Waals surface area contributed by atoms with Gasteiger partial charge in [-0.25, -0.2) is 0 Å². The van der Waals surface area contributed by atoms with E-state index in [-0.39, 0.29) is 0 Å². The Balaban J connectivity index is 1.98. The van der Waals surface area contributed by atoms with E-state index in [4.69, 9.17) is 0 Å². The molecule has 2 atom stereocenters. The first-order chi connectivity index (χ1) is 8.42. The second-order valence-electron chi connectivity index (χ2n) is 5.40. The summed E-state index contributed by atoms with van der Waals surface area (Å²) < 4.78 is 0. The van der Waals surface area contributed by atoms with Gasteiger partial charge in [-0.15, -0.1) is 0 Å². The quantitative estimate of drug-likeness (QED) is 0.759. The molecule has 1 saturated heterocycles. The van der Waals surface area contributed by atoms with Crippen LogP contribution in [0, 0.1) is 0 Å². The van der Waals surface area contributed by atoms with Gasteiger partial charge in [0.05, 0.1) is 0 Å². The standard InChI is InChI=1S/C15H27NS/c1-16-15(14-11-7-8-12-17-14)13-9-5-3-2-4-6-10-13/h9,14-16H,2-8,10-12H2,1H3. The summed E-state index contributed by atoms with van der Waals surface area (Å²) in [6.45, 7) is 0. The highest BCUT2D eigenvalue weighted by atomic mass is 32.2. The lowest BCUT2D eigenvalue weighted by molar-refractivity contribution is 0.513. The Hall–Kier alpha value is 0.0500. The highest BCUT2D eigenvalue weighted by molar-refractivity contribution is 8.00. The maximum absolute atomic E-state index is 3.60. The lowest BCUT2D eigenvalue weighted by Gasteiger charge is -2.32. The molecule has 1 fully saturated rings. The number of hydrogen-bond acceptors (Lipinski definition) is 2. The van der Waals surface area contributed by atoms with Gasteiger partial charge in [0.25, 0.3) is 0 Å². The van der Waals surface area contributed by atoms with Gasteiger partial charge in [0.15, 0.2) is 0 Å². The topological polar surface area (TPSA) is 12.0 Å². The Morgan fingerprint density at radius 2 is 2.06 bits per heavy atom. The van der Waals surface area contributed by atoms with Crippen molar-refractivity contribution in [2.75, 3.05) is 12.8 Å². The van der Waals surface area contributed by atoms with Crippen molar-refractivity contribution < 1.29 is 0 Å². The van der Waals surface area contributed by atoms with E-state index in [1.807, 2.05) is 0 Å². The van der Waals surface area contributed by atoms with Crippen LogP contribution in [0.3, 0.4) is 0 Å². The van der Waals surface area contributed by atoms with E-state index in [1.54, 1.807) is 5.57 Å². The second-order valence-corrected chi connectivity index (χ2v) is 6.75. The first-order valence-corrected chi connectivity index (χ1v) is 8.44. The van der Waals surface area contributed by atoms with Crippen molar-refractivity contribution in [1.29, 1.82) is 0 Å². The van der Waals surface area contributed by atoms with E-state index in [0.717, 1.165) is 5.25 Å². The normalized spacial score (nSPS) is 29.0. The van der Waals surface area contributed by atoms with Crippen LogP contribution in [0.1, 0.15) is 57.8 Å². The maximum Gasteiger partial charge on any atom is 0.0397 e. The van der Waals surface area contributed by atoms with Crippen molar-refractivity contribution in [2.45, 2.75) is 69.1 Å². The minimum Gasteiger partial charge on any atom is -0.312 e. The summed E-state index contributed by atoms with van der Waals surface area (Å²) in [5.41, 5.74) is 1.71. The predicted octanol–water partition coefficient (Wildman–Crippen LogP) is 4.14. The lowest BCUT2D eigenvalue weighted by Crippen LogP contribution is -2.39. The molecule has 1 nitrogen and oxygen atoms in total. The number of nitrogens with one attached hydrogen (secondary N) is 1. The minimum absolute atomic E-state index is 0.651. The van der Waals surface area contributed by atoms with Crippen molar-refractivity contribution >= 4 is 11.8 Å². The molecule has 1 N–H and O–H groups in total. The SMILES string of the molecule is CNC(C1=CCCCCCC1)C1CCCCS1. The number of rotatable bonds is 3. The van der Waals surface area contributed by atoms with Crippen LogP contribution in [0.5, 0.6) is 0 Å². The summed E-state index contributed by atoms with van der Waals surface area (Å²) in [7, 11) is 2.15. The van der Waals surface area contributed by atoms with Crippen molar-refractivity contribution in [1.82, 2.24) is 5.32 Å². The Labute approximate surface area is 111 Å². The fourth-order valence-electron chi connectivity index (χ4n) is 3.14. The molecule has 0 saturated carbocycles. The molecule has 0 bridgehead atoms. The molecule has 2 unspecified atom stereocenters. The monoisotopic (exact) mass is 253 g/mol. The lowest BCUT2D eigenvalue weighted by atomic mass is 9.91. The molecule has 17 heavy (non-hydrogen) atoms. The van der Waals surface area contributed by atoms with Crippen LogP contribution in [0.2, 0.25) is 0 Å². The van der Waals surface area contributed by atoms with Crippen LogP contribution in [0.25, 0.3) is 0 Å². The first-order valence-electron chi connectivity index (χ1n) is 7.39. The van der Waals surface area contributed by atoms with Gasteiger partial charge in [-0.2, -0.15) is 11.8 Å². The van der Waals surface area contributed by atoms with E-state index >= 15 is 0 Å². The molecule has 0 aromatic heterocycles. The van der Waals surface area contributed by atoms with Crippen LogP contribution in [-0.2, 0) is 0 Å². The van der Waals surface area contributed by atoms with Gasteiger partial charge in [-0.05, 0) is 51.3 Å². The van der Waals surface area contributed by atoms with Crippen molar-refractivity contribution in [3.63, 3.8) is 0 Å². The molecular formula is C15H27NS. The smallest absolute Gasteiger partial charge is 0.0397 e. The molecule has 2 aliphatic rings. The molecular weight excluding hydrogens is 226 g/mol. The van der Waals surface area contributed by atoms with Crippen LogP contribution in [0.4, 0.5) is 0 Å². The second kappa shape index (κ2) is 7.48. The summed E-state index contributed by atoms with van der Waals surface area (Å²) >= 11 is 2.20. The van der Waals surface area contributed by atoms with E-state index in [0.29, 0.717) is 6.04 Å².